The van der Waals surface area contributed by atoms with Crippen molar-refractivity contribution in [3.8, 4) is 34.1 Å². The van der Waals surface area contributed by atoms with Crippen LogP contribution < -0.4 is 14.2 Å². The van der Waals surface area contributed by atoms with Crippen LogP contribution in [0.25, 0.3) is 21.9 Å². The van der Waals surface area contributed by atoms with Crippen LogP contribution in [0.3, 0.4) is 0 Å². The van der Waals surface area contributed by atoms with E-state index in [1.54, 1.807) is 7.11 Å². The maximum Gasteiger partial charge on any atom is 0.131 e. The first kappa shape index (κ1) is 23.3. The van der Waals surface area contributed by atoms with Gasteiger partial charge in [-0.05, 0) is 53.9 Å². The molecule has 0 aromatic heterocycles. The summed E-state index contributed by atoms with van der Waals surface area (Å²) < 4.78 is 17.7. The highest BCUT2D eigenvalue weighted by atomic mass is 16.5. The van der Waals surface area contributed by atoms with E-state index in [1.165, 1.54) is 0 Å². The van der Waals surface area contributed by atoms with Crippen molar-refractivity contribution < 1.29 is 19.3 Å². The van der Waals surface area contributed by atoms with Crippen LogP contribution in [0.15, 0.2) is 103 Å². The third kappa shape index (κ3) is 4.84. The minimum absolute atomic E-state index is 0.218. The number of aromatic hydroxyl groups is 1. The number of fused-ring (bicyclic) bond motifs is 1. The summed E-state index contributed by atoms with van der Waals surface area (Å²) in [7, 11) is 1.65. The van der Waals surface area contributed by atoms with Gasteiger partial charge in [-0.25, -0.2) is 0 Å². The number of phenolic OH excluding ortho intramolecular Hbond substituents is 1. The Morgan fingerprint density at radius 2 is 1.19 bits per heavy atom. The molecule has 1 N–H and O–H groups in total. The van der Waals surface area contributed by atoms with Gasteiger partial charge >= 0.3 is 0 Å². The molecule has 0 aliphatic heterocycles. The zero-order valence-corrected chi connectivity index (χ0v) is 20.4. The second kappa shape index (κ2) is 10.4. The molecule has 0 saturated heterocycles. The van der Waals surface area contributed by atoms with Crippen molar-refractivity contribution in [1.82, 2.24) is 0 Å². The Hall–Kier alpha value is -4.44. The van der Waals surface area contributed by atoms with Gasteiger partial charge in [0.1, 0.15) is 36.2 Å². The number of benzene rings is 5. The van der Waals surface area contributed by atoms with Crippen molar-refractivity contribution in [3.63, 3.8) is 0 Å². The molecule has 0 heterocycles. The van der Waals surface area contributed by atoms with E-state index in [1.807, 2.05) is 110 Å². The van der Waals surface area contributed by atoms with Crippen molar-refractivity contribution >= 4 is 10.8 Å². The third-order valence-corrected chi connectivity index (χ3v) is 6.29. The third-order valence-electron chi connectivity index (χ3n) is 6.29. The summed E-state index contributed by atoms with van der Waals surface area (Å²) in [6.45, 7) is 2.93. The largest absolute Gasteiger partial charge is 0.507 e. The molecule has 0 bridgehead atoms. The fourth-order valence-corrected chi connectivity index (χ4v) is 4.45. The van der Waals surface area contributed by atoms with Gasteiger partial charge in [0.15, 0.2) is 0 Å². The summed E-state index contributed by atoms with van der Waals surface area (Å²) in [4.78, 5) is 0. The van der Waals surface area contributed by atoms with Crippen LogP contribution in [-0.4, -0.2) is 12.2 Å². The van der Waals surface area contributed by atoms with E-state index in [9.17, 15) is 5.11 Å². The van der Waals surface area contributed by atoms with E-state index in [-0.39, 0.29) is 5.75 Å². The average molecular weight is 477 g/mol. The minimum Gasteiger partial charge on any atom is -0.507 e. The summed E-state index contributed by atoms with van der Waals surface area (Å²) in [6.07, 6.45) is 0. The van der Waals surface area contributed by atoms with Gasteiger partial charge in [0, 0.05) is 21.9 Å². The summed E-state index contributed by atoms with van der Waals surface area (Å²) in [6, 6.07) is 33.6. The molecule has 0 aliphatic carbocycles. The lowest BCUT2D eigenvalue weighted by molar-refractivity contribution is 0.306. The molecular formula is C32H28O4. The summed E-state index contributed by atoms with van der Waals surface area (Å²) in [5, 5.41) is 12.8. The Kier molecular flexibility index (Phi) is 6.76. The molecule has 0 unspecified atom stereocenters. The normalized spacial score (nSPS) is 10.8. The Labute approximate surface area is 211 Å². The van der Waals surface area contributed by atoms with Crippen LogP contribution in [0.1, 0.15) is 16.7 Å². The standard InChI is InChI=1S/C32H28O4/c1-22-30(25-13-15-26(16-14-25)35-20-23-9-5-3-6-10-23)31(33)28-18-17-27(19-29(28)32(22)34-2)36-21-24-11-7-4-8-12-24/h3-19,33H,20-21H2,1-2H3. The van der Waals surface area contributed by atoms with Crippen LogP contribution in [0.5, 0.6) is 23.0 Å². The van der Waals surface area contributed by atoms with Crippen LogP contribution >= 0.6 is 0 Å². The van der Waals surface area contributed by atoms with Crippen LogP contribution in [-0.2, 0) is 13.2 Å². The molecule has 5 aromatic carbocycles. The maximum absolute atomic E-state index is 11.3. The van der Waals surface area contributed by atoms with E-state index in [0.717, 1.165) is 44.7 Å². The second-order valence-electron chi connectivity index (χ2n) is 8.66. The predicted octanol–water partition coefficient (Wildman–Crippen LogP) is 7.69. The van der Waals surface area contributed by atoms with Crippen LogP contribution in [0, 0.1) is 6.92 Å². The summed E-state index contributed by atoms with van der Waals surface area (Å²) in [5.74, 6) is 2.42. The number of hydrogen-bond acceptors (Lipinski definition) is 4. The van der Waals surface area contributed by atoms with Gasteiger partial charge in [0.05, 0.1) is 7.11 Å². The molecule has 5 rings (SSSR count). The van der Waals surface area contributed by atoms with Gasteiger partial charge in [0.2, 0.25) is 0 Å². The average Bonchev–Trinajstić information content (AvgIpc) is 2.93. The molecule has 4 nitrogen and oxygen atoms in total. The minimum atomic E-state index is 0.218. The Bertz CT molecular complexity index is 1460. The van der Waals surface area contributed by atoms with Crippen molar-refractivity contribution in [2.75, 3.05) is 7.11 Å². The topological polar surface area (TPSA) is 47.9 Å². The first-order valence-electron chi connectivity index (χ1n) is 11.9. The smallest absolute Gasteiger partial charge is 0.131 e. The lowest BCUT2D eigenvalue weighted by Crippen LogP contribution is -1.97. The Balaban J connectivity index is 1.43. The van der Waals surface area contributed by atoms with Gasteiger partial charge < -0.3 is 19.3 Å². The van der Waals surface area contributed by atoms with Gasteiger partial charge in [0.25, 0.3) is 0 Å². The molecule has 0 fully saturated rings. The Morgan fingerprint density at radius 1 is 0.639 bits per heavy atom. The molecule has 36 heavy (non-hydrogen) atoms. The molecule has 0 atom stereocenters. The van der Waals surface area contributed by atoms with E-state index >= 15 is 0 Å². The van der Waals surface area contributed by atoms with Crippen molar-refractivity contribution in [1.29, 1.82) is 0 Å². The van der Waals surface area contributed by atoms with Crippen LogP contribution in [0.2, 0.25) is 0 Å². The van der Waals surface area contributed by atoms with Crippen molar-refractivity contribution in [2.24, 2.45) is 0 Å². The number of hydrogen-bond donors (Lipinski definition) is 1. The fourth-order valence-electron chi connectivity index (χ4n) is 4.45. The highest BCUT2D eigenvalue weighted by Crippen LogP contribution is 2.46. The SMILES string of the molecule is COc1c(C)c(-c2ccc(OCc3ccccc3)cc2)c(O)c2ccc(OCc3ccccc3)cc12. The zero-order valence-electron chi connectivity index (χ0n) is 20.4. The highest BCUT2D eigenvalue weighted by molar-refractivity contribution is 6.01. The second-order valence-corrected chi connectivity index (χ2v) is 8.66. The Morgan fingerprint density at radius 3 is 1.78 bits per heavy atom. The number of methoxy groups -OCH3 is 1. The van der Waals surface area contributed by atoms with Gasteiger partial charge in [-0.3, -0.25) is 0 Å². The molecule has 0 spiro atoms. The first-order valence-corrected chi connectivity index (χ1v) is 11.9. The van der Waals surface area contributed by atoms with E-state index in [2.05, 4.69) is 0 Å². The van der Waals surface area contributed by atoms with Gasteiger partial charge in [-0.15, -0.1) is 0 Å². The molecule has 4 heteroatoms. The highest BCUT2D eigenvalue weighted by Gasteiger charge is 2.19. The van der Waals surface area contributed by atoms with Crippen molar-refractivity contribution in [2.45, 2.75) is 20.1 Å². The zero-order chi connectivity index (χ0) is 24.9. The molecule has 0 amide bonds. The molecular weight excluding hydrogens is 448 g/mol. The van der Waals surface area contributed by atoms with Gasteiger partial charge in [-0.1, -0.05) is 72.8 Å². The van der Waals surface area contributed by atoms with Crippen LogP contribution in [0.4, 0.5) is 0 Å². The van der Waals surface area contributed by atoms with E-state index in [0.29, 0.717) is 24.3 Å². The van der Waals surface area contributed by atoms with E-state index in [4.69, 9.17) is 14.2 Å². The fraction of sp³-hybridized carbons (Fsp3) is 0.125. The lowest BCUT2D eigenvalue weighted by Gasteiger charge is -2.18. The van der Waals surface area contributed by atoms with E-state index < -0.39 is 0 Å². The number of ether oxygens (including phenoxy) is 3. The summed E-state index contributed by atoms with van der Waals surface area (Å²) >= 11 is 0. The lowest BCUT2D eigenvalue weighted by atomic mass is 9.93. The molecule has 0 aliphatic rings. The first-order chi connectivity index (χ1) is 17.6. The molecule has 0 saturated carbocycles. The monoisotopic (exact) mass is 476 g/mol. The van der Waals surface area contributed by atoms with Crippen molar-refractivity contribution in [3.05, 3.63) is 120 Å². The molecule has 5 aromatic rings. The quantitative estimate of drug-likeness (QED) is 0.249. The maximum atomic E-state index is 11.3. The predicted molar refractivity (Wildman–Crippen MR) is 144 cm³/mol. The van der Waals surface area contributed by atoms with Gasteiger partial charge in [-0.2, -0.15) is 0 Å². The molecule has 180 valence electrons. The summed E-state index contributed by atoms with van der Waals surface area (Å²) in [5.41, 5.74) is 4.70. The number of phenols is 1. The molecule has 0 radical (unpaired) electrons. The number of rotatable bonds is 8.